The molecule has 1 aromatic heterocycles. The predicted molar refractivity (Wildman–Crippen MR) is 100 cm³/mol. The molecule has 5 nitrogen and oxygen atoms in total. The van der Waals surface area contributed by atoms with Gasteiger partial charge in [-0.2, -0.15) is 0 Å². The second-order valence-electron chi connectivity index (χ2n) is 5.32. The highest BCUT2D eigenvalue weighted by atomic mass is 35.5. The molecule has 0 bridgehead atoms. The number of halogens is 3. The summed E-state index contributed by atoms with van der Waals surface area (Å²) in [5, 5.41) is 6.28. The Morgan fingerprint density at radius 1 is 1.04 bits per heavy atom. The van der Waals surface area contributed by atoms with Crippen LogP contribution >= 0.6 is 23.2 Å². The molecule has 0 saturated heterocycles. The van der Waals surface area contributed by atoms with Gasteiger partial charge in [0.2, 0.25) is 0 Å². The lowest BCUT2D eigenvalue weighted by Gasteiger charge is -2.08. The van der Waals surface area contributed by atoms with Gasteiger partial charge in [-0.1, -0.05) is 41.4 Å². The van der Waals surface area contributed by atoms with E-state index in [9.17, 15) is 9.18 Å². The Labute approximate surface area is 159 Å². The van der Waals surface area contributed by atoms with Crippen LogP contribution in [0.1, 0.15) is 16.1 Å². The summed E-state index contributed by atoms with van der Waals surface area (Å²) in [7, 11) is 0. The SMILES string of the molecule is O=C(Nc1cccc(Cl)c1Cl)c1cnc(NCc2ccc(F)cc2)cn1. The highest BCUT2D eigenvalue weighted by molar-refractivity contribution is 6.44. The highest BCUT2D eigenvalue weighted by Gasteiger charge is 2.12. The first-order valence-electron chi connectivity index (χ1n) is 7.58. The summed E-state index contributed by atoms with van der Waals surface area (Å²) in [5.41, 5.74) is 1.42. The van der Waals surface area contributed by atoms with Crippen LogP contribution in [0.2, 0.25) is 10.0 Å². The van der Waals surface area contributed by atoms with Crippen molar-refractivity contribution in [2.75, 3.05) is 10.6 Å². The van der Waals surface area contributed by atoms with Crippen LogP contribution in [0.25, 0.3) is 0 Å². The smallest absolute Gasteiger partial charge is 0.275 e. The fraction of sp³-hybridized carbons (Fsp3) is 0.0556. The average Bonchev–Trinajstić information content (AvgIpc) is 2.65. The topological polar surface area (TPSA) is 66.9 Å². The number of nitrogens with one attached hydrogen (secondary N) is 2. The third-order valence-electron chi connectivity index (χ3n) is 3.47. The van der Waals surface area contributed by atoms with E-state index in [0.717, 1.165) is 5.56 Å². The van der Waals surface area contributed by atoms with E-state index in [4.69, 9.17) is 23.2 Å². The van der Waals surface area contributed by atoms with Crippen LogP contribution in [0.4, 0.5) is 15.9 Å². The van der Waals surface area contributed by atoms with Crippen LogP contribution in [0.3, 0.4) is 0 Å². The molecule has 0 fully saturated rings. The standard InChI is InChI=1S/C18H13Cl2FN4O/c19-13-2-1-3-14(17(13)20)25-18(26)15-9-24-16(10-22-15)23-8-11-4-6-12(21)7-5-11/h1-7,9-10H,8H2,(H,23,24)(H,25,26). The van der Waals surface area contributed by atoms with Crippen molar-refractivity contribution in [3.8, 4) is 0 Å². The van der Waals surface area contributed by atoms with E-state index in [1.54, 1.807) is 30.3 Å². The van der Waals surface area contributed by atoms with E-state index in [2.05, 4.69) is 20.6 Å². The minimum Gasteiger partial charge on any atom is -0.365 e. The number of hydrogen-bond donors (Lipinski definition) is 2. The molecule has 0 spiro atoms. The van der Waals surface area contributed by atoms with Gasteiger partial charge in [0.05, 0.1) is 28.1 Å². The number of anilines is 2. The molecule has 0 aliphatic rings. The van der Waals surface area contributed by atoms with Crippen molar-refractivity contribution in [3.63, 3.8) is 0 Å². The summed E-state index contributed by atoms with van der Waals surface area (Å²) in [6.07, 6.45) is 2.79. The molecule has 1 amide bonds. The molecule has 0 aliphatic heterocycles. The number of nitrogens with zero attached hydrogens (tertiary/aromatic N) is 2. The third kappa shape index (κ3) is 4.47. The molecule has 1 heterocycles. The Kier molecular flexibility index (Phi) is 5.65. The molecule has 0 unspecified atom stereocenters. The number of amides is 1. The van der Waals surface area contributed by atoms with Gasteiger partial charge in [0, 0.05) is 6.54 Å². The molecule has 3 aromatic rings. The first-order chi connectivity index (χ1) is 12.5. The number of benzene rings is 2. The van der Waals surface area contributed by atoms with Crippen molar-refractivity contribution in [2.45, 2.75) is 6.54 Å². The van der Waals surface area contributed by atoms with Crippen LogP contribution in [0.15, 0.2) is 54.9 Å². The summed E-state index contributed by atoms with van der Waals surface area (Å²) in [5.74, 6) is -0.248. The predicted octanol–water partition coefficient (Wildman–Crippen LogP) is 4.79. The van der Waals surface area contributed by atoms with Crippen LogP contribution in [0, 0.1) is 5.82 Å². The number of carbonyl (C=O) groups excluding carboxylic acids is 1. The molecule has 0 atom stereocenters. The molecular weight excluding hydrogens is 378 g/mol. The van der Waals surface area contributed by atoms with Crippen LogP contribution in [0.5, 0.6) is 0 Å². The van der Waals surface area contributed by atoms with Gasteiger partial charge >= 0.3 is 0 Å². The first-order valence-corrected chi connectivity index (χ1v) is 8.34. The van der Waals surface area contributed by atoms with Crippen molar-refractivity contribution in [1.82, 2.24) is 9.97 Å². The minimum absolute atomic E-state index is 0.133. The zero-order valence-electron chi connectivity index (χ0n) is 13.3. The molecule has 0 saturated carbocycles. The maximum absolute atomic E-state index is 12.9. The third-order valence-corrected chi connectivity index (χ3v) is 4.29. The molecule has 8 heteroatoms. The van der Waals surface area contributed by atoms with Gasteiger partial charge in [0.25, 0.3) is 5.91 Å². The molecule has 26 heavy (non-hydrogen) atoms. The van der Waals surface area contributed by atoms with Gasteiger partial charge in [-0.05, 0) is 29.8 Å². The van der Waals surface area contributed by atoms with Gasteiger partial charge in [0.1, 0.15) is 17.3 Å². The zero-order chi connectivity index (χ0) is 18.5. The lowest BCUT2D eigenvalue weighted by atomic mass is 10.2. The molecule has 0 aliphatic carbocycles. The Hall–Kier alpha value is -2.70. The van der Waals surface area contributed by atoms with Gasteiger partial charge < -0.3 is 10.6 Å². The fourth-order valence-corrected chi connectivity index (χ4v) is 2.47. The van der Waals surface area contributed by atoms with E-state index in [-0.39, 0.29) is 16.5 Å². The lowest BCUT2D eigenvalue weighted by molar-refractivity contribution is 0.102. The average molecular weight is 391 g/mol. The van der Waals surface area contributed by atoms with Crippen molar-refractivity contribution in [3.05, 3.63) is 82.0 Å². The van der Waals surface area contributed by atoms with Gasteiger partial charge in [-0.15, -0.1) is 0 Å². The molecular formula is C18H13Cl2FN4O. The van der Waals surface area contributed by atoms with E-state index >= 15 is 0 Å². The summed E-state index contributed by atoms with van der Waals surface area (Å²) in [4.78, 5) is 20.5. The van der Waals surface area contributed by atoms with Crippen LogP contribution in [-0.4, -0.2) is 15.9 Å². The van der Waals surface area contributed by atoms with Gasteiger partial charge in [-0.25, -0.2) is 14.4 Å². The van der Waals surface area contributed by atoms with Crippen molar-refractivity contribution in [2.24, 2.45) is 0 Å². The number of carbonyl (C=O) groups is 1. The Balaban J connectivity index is 1.62. The molecule has 132 valence electrons. The maximum Gasteiger partial charge on any atom is 0.275 e. The molecule has 0 radical (unpaired) electrons. The number of rotatable bonds is 5. The largest absolute Gasteiger partial charge is 0.365 e. The minimum atomic E-state index is -0.452. The van der Waals surface area contributed by atoms with Crippen molar-refractivity contribution < 1.29 is 9.18 Å². The Morgan fingerprint density at radius 3 is 2.50 bits per heavy atom. The second-order valence-corrected chi connectivity index (χ2v) is 6.11. The maximum atomic E-state index is 12.9. The fourth-order valence-electron chi connectivity index (χ4n) is 2.12. The molecule has 3 rings (SSSR count). The highest BCUT2D eigenvalue weighted by Crippen LogP contribution is 2.29. The number of hydrogen-bond acceptors (Lipinski definition) is 4. The monoisotopic (exact) mass is 390 g/mol. The lowest BCUT2D eigenvalue weighted by Crippen LogP contribution is -2.15. The van der Waals surface area contributed by atoms with Gasteiger partial charge in [-0.3, -0.25) is 4.79 Å². The Bertz CT molecular complexity index is 917. The van der Waals surface area contributed by atoms with Gasteiger partial charge in [0.15, 0.2) is 0 Å². The van der Waals surface area contributed by atoms with Crippen molar-refractivity contribution >= 4 is 40.6 Å². The summed E-state index contributed by atoms with van der Waals surface area (Å²) in [6.45, 7) is 0.457. The molecule has 2 aromatic carbocycles. The van der Waals surface area contributed by atoms with E-state index < -0.39 is 5.91 Å². The quantitative estimate of drug-likeness (QED) is 0.657. The summed E-state index contributed by atoms with van der Waals surface area (Å²) in [6, 6.07) is 11.1. The van der Waals surface area contributed by atoms with E-state index in [0.29, 0.717) is 23.1 Å². The summed E-state index contributed by atoms with van der Waals surface area (Å²) >= 11 is 12.0. The van der Waals surface area contributed by atoms with Crippen LogP contribution < -0.4 is 10.6 Å². The van der Waals surface area contributed by atoms with E-state index in [1.165, 1.54) is 24.5 Å². The first kappa shape index (κ1) is 18.1. The number of aromatic nitrogens is 2. The zero-order valence-corrected chi connectivity index (χ0v) is 14.9. The second kappa shape index (κ2) is 8.12. The van der Waals surface area contributed by atoms with Crippen LogP contribution in [-0.2, 0) is 6.54 Å². The van der Waals surface area contributed by atoms with E-state index in [1.807, 2.05) is 0 Å². The summed E-state index contributed by atoms with van der Waals surface area (Å²) < 4.78 is 12.9. The Morgan fingerprint density at radius 2 is 1.81 bits per heavy atom. The molecule has 2 N–H and O–H groups in total. The normalized spacial score (nSPS) is 10.4. The van der Waals surface area contributed by atoms with Crippen molar-refractivity contribution in [1.29, 1.82) is 0 Å².